The maximum absolute atomic E-state index is 13.0. The topological polar surface area (TPSA) is 34.5 Å². The number of likely N-dealkylation sites (tertiary alicyclic amines) is 1. The highest BCUT2D eigenvalue weighted by Crippen LogP contribution is 2.39. The Morgan fingerprint density at radius 3 is 2.64 bits per heavy atom. The van der Waals surface area contributed by atoms with Gasteiger partial charge in [0.05, 0.1) is 6.42 Å². The second-order valence-corrected chi connectivity index (χ2v) is 8.23. The smallest absolute Gasteiger partial charge is 0.227 e. The molecule has 2 aliphatic heterocycles. The van der Waals surface area contributed by atoms with Crippen molar-refractivity contribution in [2.75, 3.05) is 13.1 Å². The molecule has 2 aromatic carbocycles. The Balaban J connectivity index is 1.26. The van der Waals surface area contributed by atoms with Crippen molar-refractivity contribution in [3.8, 4) is 5.75 Å². The molecule has 1 spiro atoms. The van der Waals surface area contributed by atoms with E-state index >= 15 is 0 Å². The molecular weight excluding hydrogens is 348 g/mol. The van der Waals surface area contributed by atoms with Crippen molar-refractivity contribution >= 4 is 16.8 Å². The second kappa shape index (κ2) is 6.69. The van der Waals surface area contributed by atoms with Crippen molar-refractivity contribution in [2.45, 2.75) is 37.7 Å². The molecule has 0 atom stereocenters. The van der Waals surface area contributed by atoms with Gasteiger partial charge in [-0.15, -0.1) is 0 Å². The molecule has 28 heavy (non-hydrogen) atoms. The summed E-state index contributed by atoms with van der Waals surface area (Å²) in [6, 6.07) is 16.6. The number of nitrogens with zero attached hydrogens (tertiary/aromatic N) is 2. The maximum atomic E-state index is 13.0. The number of ether oxygens (including phenoxy) is 1. The standard InChI is InChI=1S/C24H26N2O2/c1-25-17-19(20-7-3-4-8-21(20)25)16-23(27)26-14-12-24(13-15-26)11-10-18-6-2-5-9-22(18)28-24/h2-9,17H,10-16H2,1H3. The van der Waals surface area contributed by atoms with E-state index in [1.54, 1.807) is 0 Å². The third-order valence-electron chi connectivity index (χ3n) is 6.50. The average Bonchev–Trinajstić information content (AvgIpc) is 3.04. The van der Waals surface area contributed by atoms with Crippen LogP contribution in [0.1, 0.15) is 30.4 Å². The average molecular weight is 374 g/mol. The Morgan fingerprint density at radius 1 is 1.04 bits per heavy atom. The van der Waals surface area contributed by atoms with Crippen LogP contribution < -0.4 is 4.74 Å². The van der Waals surface area contributed by atoms with Crippen LogP contribution >= 0.6 is 0 Å². The fourth-order valence-electron chi connectivity index (χ4n) is 4.81. The minimum absolute atomic E-state index is 0.0927. The van der Waals surface area contributed by atoms with Crippen LogP contribution in [0.4, 0.5) is 0 Å². The van der Waals surface area contributed by atoms with Crippen molar-refractivity contribution < 1.29 is 9.53 Å². The van der Waals surface area contributed by atoms with Crippen LogP contribution in [-0.4, -0.2) is 34.1 Å². The molecule has 0 aliphatic carbocycles. The Morgan fingerprint density at radius 2 is 1.79 bits per heavy atom. The molecule has 5 rings (SSSR count). The van der Waals surface area contributed by atoms with Crippen molar-refractivity contribution in [1.82, 2.24) is 9.47 Å². The van der Waals surface area contributed by atoms with E-state index in [4.69, 9.17) is 4.74 Å². The second-order valence-electron chi connectivity index (χ2n) is 8.23. The fourth-order valence-corrected chi connectivity index (χ4v) is 4.81. The molecule has 1 fully saturated rings. The lowest BCUT2D eigenvalue weighted by Gasteiger charge is -2.44. The summed E-state index contributed by atoms with van der Waals surface area (Å²) < 4.78 is 8.53. The fraction of sp³-hybridized carbons (Fsp3) is 0.375. The first-order valence-electron chi connectivity index (χ1n) is 10.2. The van der Waals surface area contributed by atoms with E-state index < -0.39 is 0 Å². The Hall–Kier alpha value is -2.75. The number of amides is 1. The first kappa shape index (κ1) is 17.4. The molecule has 0 radical (unpaired) electrons. The molecule has 1 aromatic heterocycles. The highest BCUT2D eigenvalue weighted by molar-refractivity contribution is 5.89. The monoisotopic (exact) mass is 374 g/mol. The SMILES string of the molecule is Cn1cc(CC(=O)N2CCC3(CCc4ccccc4O3)CC2)c2ccccc21. The molecule has 1 saturated heterocycles. The number of aryl methyl sites for hydroxylation is 2. The molecule has 3 aromatic rings. The highest BCUT2D eigenvalue weighted by atomic mass is 16.5. The van der Waals surface area contributed by atoms with Crippen LogP contribution in [0.25, 0.3) is 10.9 Å². The maximum Gasteiger partial charge on any atom is 0.227 e. The molecule has 2 aliphatic rings. The van der Waals surface area contributed by atoms with Gasteiger partial charge in [0.25, 0.3) is 0 Å². The Labute approximate surface area is 165 Å². The summed E-state index contributed by atoms with van der Waals surface area (Å²) in [5.41, 5.74) is 3.51. The first-order chi connectivity index (χ1) is 13.6. The Kier molecular flexibility index (Phi) is 4.15. The van der Waals surface area contributed by atoms with E-state index in [1.165, 1.54) is 16.5 Å². The number of hydrogen-bond donors (Lipinski definition) is 0. The number of fused-ring (bicyclic) bond motifs is 2. The van der Waals surface area contributed by atoms with Crippen molar-refractivity contribution in [3.05, 3.63) is 65.9 Å². The van der Waals surface area contributed by atoms with Gasteiger partial charge in [0.2, 0.25) is 5.91 Å². The van der Waals surface area contributed by atoms with Gasteiger partial charge in [0.1, 0.15) is 11.4 Å². The molecule has 144 valence electrons. The minimum Gasteiger partial charge on any atom is -0.487 e. The summed E-state index contributed by atoms with van der Waals surface area (Å²) in [7, 11) is 2.04. The third kappa shape index (κ3) is 2.97. The van der Waals surface area contributed by atoms with Gasteiger partial charge in [0.15, 0.2) is 0 Å². The molecule has 0 N–H and O–H groups in total. The van der Waals surface area contributed by atoms with Gasteiger partial charge in [0, 0.05) is 50.1 Å². The van der Waals surface area contributed by atoms with Crippen molar-refractivity contribution in [1.29, 1.82) is 0 Å². The number of rotatable bonds is 2. The molecule has 0 saturated carbocycles. The number of aromatic nitrogens is 1. The number of piperidine rings is 1. The van der Waals surface area contributed by atoms with Gasteiger partial charge >= 0.3 is 0 Å². The van der Waals surface area contributed by atoms with Gasteiger partial charge in [-0.1, -0.05) is 36.4 Å². The normalized spacial score (nSPS) is 18.1. The third-order valence-corrected chi connectivity index (χ3v) is 6.50. The minimum atomic E-state index is -0.0927. The molecule has 0 unspecified atom stereocenters. The summed E-state index contributed by atoms with van der Waals surface area (Å²) in [5.74, 6) is 1.26. The van der Waals surface area contributed by atoms with E-state index in [9.17, 15) is 4.79 Å². The zero-order chi connectivity index (χ0) is 19.1. The van der Waals surface area contributed by atoms with Crippen LogP contribution in [0, 0.1) is 0 Å². The first-order valence-corrected chi connectivity index (χ1v) is 10.2. The molecule has 1 amide bonds. The van der Waals surface area contributed by atoms with Gasteiger partial charge in [-0.05, 0) is 36.1 Å². The van der Waals surface area contributed by atoms with Crippen molar-refractivity contribution in [3.63, 3.8) is 0 Å². The van der Waals surface area contributed by atoms with Gasteiger partial charge in [-0.2, -0.15) is 0 Å². The summed E-state index contributed by atoms with van der Waals surface area (Å²) in [6.45, 7) is 1.57. The number of para-hydroxylation sites is 2. The van der Waals surface area contributed by atoms with Crippen LogP contribution in [0.5, 0.6) is 5.75 Å². The summed E-state index contributed by atoms with van der Waals surface area (Å²) >= 11 is 0. The van der Waals surface area contributed by atoms with E-state index in [0.717, 1.165) is 50.1 Å². The molecule has 4 nitrogen and oxygen atoms in total. The number of carbonyl (C=O) groups is 1. The van der Waals surface area contributed by atoms with Gasteiger partial charge < -0.3 is 14.2 Å². The quantitative estimate of drug-likeness (QED) is 0.677. The zero-order valence-corrected chi connectivity index (χ0v) is 16.4. The number of carbonyl (C=O) groups excluding carboxylic acids is 1. The summed E-state index contributed by atoms with van der Waals surface area (Å²) in [6.07, 6.45) is 6.52. The van der Waals surface area contributed by atoms with Crippen LogP contribution in [-0.2, 0) is 24.7 Å². The predicted molar refractivity (Wildman–Crippen MR) is 111 cm³/mol. The molecule has 4 heteroatoms. The summed E-state index contributed by atoms with van der Waals surface area (Å²) in [4.78, 5) is 15.0. The van der Waals surface area contributed by atoms with E-state index in [1.807, 2.05) is 30.1 Å². The largest absolute Gasteiger partial charge is 0.487 e. The Bertz CT molecular complexity index is 1030. The molecule has 3 heterocycles. The van der Waals surface area contributed by atoms with Crippen molar-refractivity contribution in [2.24, 2.45) is 7.05 Å². The van der Waals surface area contributed by atoms with Crippen LogP contribution in [0.2, 0.25) is 0 Å². The van der Waals surface area contributed by atoms with E-state index in [-0.39, 0.29) is 11.5 Å². The lowest BCUT2D eigenvalue weighted by Crippen LogP contribution is -2.51. The predicted octanol–water partition coefficient (Wildman–Crippen LogP) is 4.11. The molecule has 0 bridgehead atoms. The summed E-state index contributed by atoms with van der Waals surface area (Å²) in [5, 5.41) is 1.18. The van der Waals surface area contributed by atoms with Crippen LogP contribution in [0.15, 0.2) is 54.7 Å². The van der Waals surface area contributed by atoms with Crippen LogP contribution in [0.3, 0.4) is 0 Å². The lowest BCUT2D eigenvalue weighted by atomic mass is 9.83. The van der Waals surface area contributed by atoms with E-state index in [2.05, 4.69) is 41.1 Å². The zero-order valence-electron chi connectivity index (χ0n) is 16.4. The number of hydrogen-bond acceptors (Lipinski definition) is 2. The lowest BCUT2D eigenvalue weighted by molar-refractivity contribution is -0.134. The highest BCUT2D eigenvalue weighted by Gasteiger charge is 2.40. The van der Waals surface area contributed by atoms with Gasteiger partial charge in [-0.3, -0.25) is 4.79 Å². The number of benzene rings is 2. The van der Waals surface area contributed by atoms with E-state index in [0.29, 0.717) is 6.42 Å². The molecular formula is C24H26N2O2. The van der Waals surface area contributed by atoms with Gasteiger partial charge in [-0.25, -0.2) is 0 Å².